The summed E-state index contributed by atoms with van der Waals surface area (Å²) in [6.45, 7) is 0.650. The molecule has 0 aliphatic carbocycles. The molecule has 2 N–H and O–H groups in total. The summed E-state index contributed by atoms with van der Waals surface area (Å²) in [6, 6.07) is 4.12. The van der Waals surface area contributed by atoms with Gasteiger partial charge in [-0.2, -0.15) is 0 Å². The van der Waals surface area contributed by atoms with Crippen molar-refractivity contribution < 1.29 is 13.9 Å². The van der Waals surface area contributed by atoms with E-state index in [2.05, 4.69) is 0 Å². The normalized spacial score (nSPS) is 17.0. The van der Waals surface area contributed by atoms with E-state index in [0.717, 1.165) is 12.8 Å². The molecule has 0 amide bonds. The van der Waals surface area contributed by atoms with Gasteiger partial charge >= 0.3 is 0 Å². The van der Waals surface area contributed by atoms with Gasteiger partial charge in [0.15, 0.2) is 0 Å². The molecule has 4 heteroatoms. The summed E-state index contributed by atoms with van der Waals surface area (Å²) in [6.07, 6.45) is 3.85. The molecule has 0 saturated carbocycles. The fourth-order valence-corrected chi connectivity index (χ4v) is 1.83. The molecular weight excluding hydrogens is 221 g/mol. The van der Waals surface area contributed by atoms with E-state index in [1.165, 1.54) is 13.2 Å². The molecule has 1 heterocycles. The Balaban J connectivity index is 2.24. The maximum atomic E-state index is 13.8. The van der Waals surface area contributed by atoms with Crippen LogP contribution in [0.2, 0.25) is 0 Å². The van der Waals surface area contributed by atoms with Gasteiger partial charge in [0.2, 0.25) is 0 Å². The second kappa shape index (κ2) is 5.19. The van der Waals surface area contributed by atoms with Crippen molar-refractivity contribution in [2.45, 2.75) is 18.9 Å². The average Bonchev–Trinajstić information content (AvgIpc) is 2.39. The van der Waals surface area contributed by atoms with Gasteiger partial charge in [-0.05, 0) is 25.0 Å². The average molecular weight is 237 g/mol. The fourth-order valence-electron chi connectivity index (χ4n) is 1.83. The Hall–Kier alpha value is -1.55. The number of rotatable bonds is 3. The monoisotopic (exact) mass is 237 g/mol. The van der Waals surface area contributed by atoms with Crippen LogP contribution in [0.1, 0.15) is 24.4 Å². The maximum absolute atomic E-state index is 13.8. The van der Waals surface area contributed by atoms with E-state index >= 15 is 0 Å². The molecule has 1 atom stereocenters. The van der Waals surface area contributed by atoms with Crippen LogP contribution in [0.15, 0.2) is 30.0 Å². The molecular formula is C13H16FNO2. The lowest BCUT2D eigenvalue weighted by Crippen LogP contribution is -2.19. The summed E-state index contributed by atoms with van der Waals surface area (Å²) >= 11 is 0. The summed E-state index contributed by atoms with van der Waals surface area (Å²) in [7, 11) is 1.50. The Morgan fingerprint density at radius 3 is 2.88 bits per heavy atom. The summed E-state index contributed by atoms with van der Waals surface area (Å²) in [5.74, 6) is 0.768. The highest BCUT2D eigenvalue weighted by molar-refractivity contribution is 5.33. The van der Waals surface area contributed by atoms with Crippen LogP contribution >= 0.6 is 0 Å². The molecule has 0 aromatic heterocycles. The lowest BCUT2D eigenvalue weighted by molar-refractivity contribution is 0.175. The van der Waals surface area contributed by atoms with E-state index in [1.807, 2.05) is 6.08 Å². The van der Waals surface area contributed by atoms with Crippen molar-refractivity contribution in [1.29, 1.82) is 0 Å². The number of allylic oxidation sites excluding steroid dienone is 1. The zero-order chi connectivity index (χ0) is 12.3. The van der Waals surface area contributed by atoms with Crippen molar-refractivity contribution in [3.8, 4) is 5.75 Å². The van der Waals surface area contributed by atoms with Gasteiger partial charge in [0.25, 0.3) is 0 Å². The van der Waals surface area contributed by atoms with E-state index in [0.29, 0.717) is 23.7 Å². The minimum Gasteiger partial charge on any atom is -0.497 e. The predicted molar refractivity (Wildman–Crippen MR) is 63.1 cm³/mol. The second-order valence-electron chi connectivity index (χ2n) is 3.96. The third-order valence-electron chi connectivity index (χ3n) is 2.81. The first-order valence-corrected chi connectivity index (χ1v) is 5.64. The molecule has 1 aliphatic rings. The topological polar surface area (TPSA) is 44.5 Å². The molecule has 0 spiro atoms. The summed E-state index contributed by atoms with van der Waals surface area (Å²) in [4.78, 5) is 0. The van der Waals surface area contributed by atoms with Crippen LogP contribution in [-0.2, 0) is 4.74 Å². The first-order chi connectivity index (χ1) is 8.22. The van der Waals surface area contributed by atoms with Crippen molar-refractivity contribution in [3.63, 3.8) is 0 Å². The highest BCUT2D eigenvalue weighted by Gasteiger charge is 2.19. The van der Waals surface area contributed by atoms with Gasteiger partial charge in [-0.1, -0.05) is 6.07 Å². The lowest BCUT2D eigenvalue weighted by atomic mass is 10.0. The molecule has 0 fully saturated rings. The second-order valence-corrected chi connectivity index (χ2v) is 3.96. The first kappa shape index (κ1) is 11.9. The smallest absolute Gasteiger partial charge is 0.132 e. The summed E-state index contributed by atoms with van der Waals surface area (Å²) in [5.41, 5.74) is 6.42. The van der Waals surface area contributed by atoms with Crippen LogP contribution < -0.4 is 10.5 Å². The quantitative estimate of drug-likeness (QED) is 0.878. The molecule has 1 aromatic rings. The fraction of sp³-hybridized carbons (Fsp3) is 0.385. The van der Waals surface area contributed by atoms with Crippen molar-refractivity contribution in [1.82, 2.24) is 0 Å². The van der Waals surface area contributed by atoms with Gasteiger partial charge in [-0.15, -0.1) is 0 Å². The van der Waals surface area contributed by atoms with Crippen LogP contribution in [0.25, 0.3) is 0 Å². The van der Waals surface area contributed by atoms with E-state index in [1.54, 1.807) is 12.1 Å². The minimum atomic E-state index is -0.541. The minimum absolute atomic E-state index is 0.369. The third kappa shape index (κ3) is 2.58. The van der Waals surface area contributed by atoms with Crippen molar-refractivity contribution >= 4 is 0 Å². The zero-order valence-corrected chi connectivity index (χ0v) is 9.78. The van der Waals surface area contributed by atoms with Gasteiger partial charge in [0, 0.05) is 11.6 Å². The Kier molecular flexibility index (Phi) is 3.64. The Bertz CT molecular complexity index is 431. The van der Waals surface area contributed by atoms with Gasteiger partial charge in [0.1, 0.15) is 17.3 Å². The predicted octanol–water partition coefficient (Wildman–Crippen LogP) is 2.53. The highest BCUT2D eigenvalue weighted by atomic mass is 19.1. The van der Waals surface area contributed by atoms with Gasteiger partial charge in [-0.25, -0.2) is 4.39 Å². The number of ether oxygens (including phenoxy) is 2. The molecule has 92 valence electrons. The SMILES string of the molecule is COc1ccc(C(N)C2=CCCCO2)c(F)c1. The maximum Gasteiger partial charge on any atom is 0.132 e. The van der Waals surface area contributed by atoms with Crippen LogP contribution in [-0.4, -0.2) is 13.7 Å². The number of benzene rings is 1. The van der Waals surface area contributed by atoms with E-state index in [-0.39, 0.29) is 5.82 Å². The molecule has 0 radical (unpaired) electrons. The summed E-state index contributed by atoms with van der Waals surface area (Å²) in [5, 5.41) is 0. The zero-order valence-electron chi connectivity index (χ0n) is 9.78. The number of hydrogen-bond donors (Lipinski definition) is 1. The molecule has 0 bridgehead atoms. The standard InChI is InChI=1S/C13H16FNO2/c1-16-9-5-6-10(11(14)8-9)13(15)12-4-2-3-7-17-12/h4-6,8,13H,2-3,7,15H2,1H3. The van der Waals surface area contributed by atoms with Crippen LogP contribution in [0.4, 0.5) is 4.39 Å². The van der Waals surface area contributed by atoms with Gasteiger partial charge in [-0.3, -0.25) is 0 Å². The van der Waals surface area contributed by atoms with Gasteiger partial charge in [0.05, 0.1) is 19.8 Å². The molecule has 17 heavy (non-hydrogen) atoms. The van der Waals surface area contributed by atoms with Crippen molar-refractivity contribution in [3.05, 3.63) is 41.4 Å². The Labute approximate surface area is 100 Å². The molecule has 1 aliphatic heterocycles. The Morgan fingerprint density at radius 1 is 1.47 bits per heavy atom. The summed E-state index contributed by atoms with van der Waals surface area (Å²) < 4.78 is 24.2. The lowest BCUT2D eigenvalue weighted by Gasteiger charge is -2.21. The van der Waals surface area contributed by atoms with Gasteiger partial charge < -0.3 is 15.2 Å². The van der Waals surface area contributed by atoms with Crippen molar-refractivity contribution in [2.75, 3.05) is 13.7 Å². The van der Waals surface area contributed by atoms with Crippen LogP contribution in [0, 0.1) is 5.82 Å². The van der Waals surface area contributed by atoms with E-state index in [4.69, 9.17) is 15.2 Å². The van der Waals surface area contributed by atoms with Crippen LogP contribution in [0.5, 0.6) is 5.75 Å². The number of halogens is 1. The number of hydrogen-bond acceptors (Lipinski definition) is 3. The molecule has 1 unspecified atom stereocenters. The Morgan fingerprint density at radius 2 is 2.29 bits per heavy atom. The molecule has 2 rings (SSSR count). The highest BCUT2D eigenvalue weighted by Crippen LogP contribution is 2.27. The van der Waals surface area contributed by atoms with Crippen molar-refractivity contribution in [2.24, 2.45) is 5.73 Å². The number of methoxy groups -OCH3 is 1. The molecule has 0 saturated heterocycles. The largest absolute Gasteiger partial charge is 0.497 e. The number of nitrogens with two attached hydrogens (primary N) is 1. The third-order valence-corrected chi connectivity index (χ3v) is 2.81. The van der Waals surface area contributed by atoms with Crippen LogP contribution in [0.3, 0.4) is 0 Å². The molecule has 3 nitrogen and oxygen atoms in total. The van der Waals surface area contributed by atoms with E-state index < -0.39 is 6.04 Å². The van der Waals surface area contributed by atoms with E-state index in [9.17, 15) is 4.39 Å². The molecule has 1 aromatic carbocycles. The first-order valence-electron chi connectivity index (χ1n) is 5.64.